The third-order valence-corrected chi connectivity index (χ3v) is 7.90. The predicted octanol–water partition coefficient (Wildman–Crippen LogP) is 3.79. The largest absolute Gasteiger partial charge is 0.301 e. The zero-order chi connectivity index (χ0) is 20.6. The summed E-state index contributed by atoms with van der Waals surface area (Å²) in [6.45, 7) is 2.29. The molecule has 1 aromatic heterocycles. The SMILES string of the molecule is CCc1cccc2sc(NC(=O)C3CCCN3S(=O)(=O)c3ccc(F)cc3)nc12. The van der Waals surface area contributed by atoms with Gasteiger partial charge in [-0.15, -0.1) is 0 Å². The minimum atomic E-state index is -3.89. The van der Waals surface area contributed by atoms with Gasteiger partial charge in [0.1, 0.15) is 11.9 Å². The number of aromatic nitrogens is 1. The number of nitrogens with one attached hydrogen (secondary N) is 1. The molecular formula is C20H20FN3O3S2. The van der Waals surface area contributed by atoms with Crippen LogP contribution in [0.4, 0.5) is 9.52 Å². The number of hydrogen-bond acceptors (Lipinski definition) is 5. The van der Waals surface area contributed by atoms with Crippen LogP contribution < -0.4 is 5.32 Å². The summed E-state index contributed by atoms with van der Waals surface area (Å²) >= 11 is 1.37. The molecule has 0 spiro atoms. The second-order valence-electron chi connectivity index (χ2n) is 6.85. The molecular weight excluding hydrogens is 413 g/mol. The Bertz CT molecular complexity index is 1160. The molecule has 0 aliphatic carbocycles. The van der Waals surface area contributed by atoms with Gasteiger partial charge < -0.3 is 5.32 Å². The molecule has 1 amide bonds. The summed E-state index contributed by atoms with van der Waals surface area (Å²) in [4.78, 5) is 17.4. The second-order valence-corrected chi connectivity index (χ2v) is 9.77. The molecule has 1 N–H and O–H groups in total. The Labute approximate surface area is 172 Å². The van der Waals surface area contributed by atoms with Gasteiger partial charge in [-0.1, -0.05) is 30.4 Å². The molecule has 1 unspecified atom stereocenters. The van der Waals surface area contributed by atoms with Gasteiger partial charge in [-0.05, 0) is 55.2 Å². The summed E-state index contributed by atoms with van der Waals surface area (Å²) in [5.41, 5.74) is 1.96. The first-order valence-corrected chi connectivity index (χ1v) is 11.6. The van der Waals surface area contributed by atoms with E-state index in [1.54, 1.807) is 0 Å². The quantitative estimate of drug-likeness (QED) is 0.664. The molecule has 9 heteroatoms. The molecule has 152 valence electrons. The minimum Gasteiger partial charge on any atom is -0.301 e. The van der Waals surface area contributed by atoms with Crippen molar-refractivity contribution in [1.29, 1.82) is 0 Å². The van der Waals surface area contributed by atoms with Crippen LogP contribution in [-0.2, 0) is 21.2 Å². The molecule has 1 aliphatic heterocycles. The van der Waals surface area contributed by atoms with Gasteiger partial charge in [0.25, 0.3) is 0 Å². The average Bonchev–Trinajstić information content (AvgIpc) is 3.35. The van der Waals surface area contributed by atoms with Gasteiger partial charge >= 0.3 is 0 Å². The van der Waals surface area contributed by atoms with E-state index in [0.717, 1.165) is 34.3 Å². The van der Waals surface area contributed by atoms with Crippen LogP contribution in [0.1, 0.15) is 25.3 Å². The van der Waals surface area contributed by atoms with Crippen LogP contribution in [0.15, 0.2) is 47.4 Å². The second kappa shape index (κ2) is 7.81. The van der Waals surface area contributed by atoms with Crippen molar-refractivity contribution in [2.24, 2.45) is 0 Å². The van der Waals surface area contributed by atoms with Gasteiger partial charge in [0, 0.05) is 6.54 Å². The van der Waals surface area contributed by atoms with E-state index < -0.39 is 27.8 Å². The van der Waals surface area contributed by atoms with Crippen LogP contribution in [0.25, 0.3) is 10.2 Å². The fourth-order valence-corrected chi connectivity index (χ4v) is 6.14. The van der Waals surface area contributed by atoms with Crippen molar-refractivity contribution in [2.75, 3.05) is 11.9 Å². The van der Waals surface area contributed by atoms with Gasteiger partial charge in [-0.3, -0.25) is 4.79 Å². The fraction of sp³-hybridized carbons (Fsp3) is 0.300. The van der Waals surface area contributed by atoms with Crippen molar-refractivity contribution in [2.45, 2.75) is 37.1 Å². The Kier molecular flexibility index (Phi) is 5.37. The van der Waals surface area contributed by atoms with E-state index >= 15 is 0 Å². The van der Waals surface area contributed by atoms with Crippen molar-refractivity contribution in [3.05, 3.63) is 53.8 Å². The van der Waals surface area contributed by atoms with Crippen molar-refractivity contribution in [1.82, 2.24) is 9.29 Å². The topological polar surface area (TPSA) is 79.4 Å². The summed E-state index contributed by atoms with van der Waals surface area (Å²) in [7, 11) is -3.89. The van der Waals surface area contributed by atoms with E-state index in [1.165, 1.54) is 27.8 Å². The monoisotopic (exact) mass is 433 g/mol. The summed E-state index contributed by atoms with van der Waals surface area (Å²) in [5, 5.41) is 3.25. The molecule has 0 saturated carbocycles. The molecule has 1 atom stereocenters. The number of fused-ring (bicyclic) bond motifs is 1. The van der Waals surface area contributed by atoms with E-state index in [0.29, 0.717) is 18.0 Å². The number of rotatable bonds is 5. The van der Waals surface area contributed by atoms with Crippen molar-refractivity contribution < 1.29 is 17.6 Å². The first-order chi connectivity index (χ1) is 13.9. The first-order valence-electron chi connectivity index (χ1n) is 9.37. The fourth-order valence-electron chi connectivity index (χ4n) is 3.56. The summed E-state index contributed by atoms with van der Waals surface area (Å²) in [6, 6.07) is 9.73. The number of hydrogen-bond donors (Lipinski definition) is 1. The van der Waals surface area contributed by atoms with E-state index in [1.807, 2.05) is 25.1 Å². The number of sulfonamides is 1. The average molecular weight is 434 g/mol. The molecule has 2 aromatic carbocycles. The van der Waals surface area contributed by atoms with Gasteiger partial charge in [0.2, 0.25) is 15.9 Å². The van der Waals surface area contributed by atoms with Crippen LogP contribution in [0.3, 0.4) is 0 Å². The molecule has 1 aliphatic rings. The zero-order valence-corrected chi connectivity index (χ0v) is 17.4. The summed E-state index contributed by atoms with van der Waals surface area (Å²) in [6.07, 6.45) is 1.84. The smallest absolute Gasteiger partial charge is 0.244 e. The lowest BCUT2D eigenvalue weighted by Gasteiger charge is -2.23. The lowest BCUT2D eigenvalue weighted by Crippen LogP contribution is -2.43. The standard InChI is InChI=1S/C20H20FN3O3S2/c1-2-13-5-3-7-17-18(13)22-20(28-17)23-19(25)16-6-4-12-24(16)29(26,27)15-10-8-14(21)9-11-15/h3,5,7-11,16H,2,4,6,12H2,1H3,(H,22,23,25). The molecule has 4 rings (SSSR count). The molecule has 3 aromatic rings. The summed E-state index contributed by atoms with van der Waals surface area (Å²) in [5.74, 6) is -0.910. The van der Waals surface area contributed by atoms with E-state index in [4.69, 9.17) is 0 Å². The van der Waals surface area contributed by atoms with Crippen LogP contribution in [0.5, 0.6) is 0 Å². The van der Waals surface area contributed by atoms with Crippen LogP contribution >= 0.6 is 11.3 Å². The maximum Gasteiger partial charge on any atom is 0.244 e. The lowest BCUT2D eigenvalue weighted by atomic mass is 10.1. The van der Waals surface area contributed by atoms with E-state index in [-0.39, 0.29) is 11.4 Å². The Morgan fingerprint density at radius 1 is 1.28 bits per heavy atom. The number of aryl methyl sites for hydroxylation is 1. The highest BCUT2D eigenvalue weighted by Crippen LogP contribution is 2.31. The van der Waals surface area contributed by atoms with Crippen molar-refractivity contribution in [3.8, 4) is 0 Å². The maximum atomic E-state index is 13.2. The van der Waals surface area contributed by atoms with E-state index in [2.05, 4.69) is 10.3 Å². The Balaban J connectivity index is 1.57. The maximum absolute atomic E-state index is 13.2. The number of halogens is 1. The van der Waals surface area contributed by atoms with Gasteiger partial charge in [0.15, 0.2) is 5.13 Å². The Hall–Kier alpha value is -2.36. The molecule has 1 saturated heterocycles. The molecule has 0 bridgehead atoms. The molecule has 29 heavy (non-hydrogen) atoms. The number of carbonyl (C=O) groups is 1. The van der Waals surface area contributed by atoms with Crippen LogP contribution in [0.2, 0.25) is 0 Å². The minimum absolute atomic E-state index is 0.0221. The number of carbonyl (C=O) groups excluding carboxylic acids is 1. The highest BCUT2D eigenvalue weighted by molar-refractivity contribution is 7.89. The molecule has 6 nitrogen and oxygen atoms in total. The Morgan fingerprint density at radius 3 is 2.76 bits per heavy atom. The van der Waals surface area contributed by atoms with Gasteiger partial charge in [-0.25, -0.2) is 17.8 Å². The summed E-state index contributed by atoms with van der Waals surface area (Å²) < 4.78 is 41.2. The first kappa shape index (κ1) is 19.9. The van der Waals surface area contributed by atoms with Gasteiger partial charge in [0.05, 0.1) is 15.1 Å². The highest BCUT2D eigenvalue weighted by Gasteiger charge is 2.39. The number of anilines is 1. The lowest BCUT2D eigenvalue weighted by molar-refractivity contribution is -0.119. The normalized spacial score (nSPS) is 17.7. The third kappa shape index (κ3) is 3.77. The number of thiazole rings is 1. The number of amides is 1. The third-order valence-electron chi connectivity index (χ3n) is 5.04. The highest BCUT2D eigenvalue weighted by atomic mass is 32.2. The number of benzene rings is 2. The predicted molar refractivity (Wildman–Crippen MR) is 111 cm³/mol. The number of nitrogens with zero attached hydrogens (tertiary/aromatic N) is 2. The van der Waals surface area contributed by atoms with Crippen molar-refractivity contribution >= 4 is 42.6 Å². The molecule has 2 heterocycles. The van der Waals surface area contributed by atoms with Crippen molar-refractivity contribution in [3.63, 3.8) is 0 Å². The van der Waals surface area contributed by atoms with Crippen LogP contribution in [-0.4, -0.2) is 36.2 Å². The molecule has 1 fully saturated rings. The van der Waals surface area contributed by atoms with Gasteiger partial charge in [-0.2, -0.15) is 4.31 Å². The zero-order valence-electron chi connectivity index (χ0n) is 15.8. The molecule has 0 radical (unpaired) electrons. The Morgan fingerprint density at radius 2 is 2.03 bits per heavy atom. The van der Waals surface area contributed by atoms with Crippen LogP contribution in [0, 0.1) is 5.82 Å². The van der Waals surface area contributed by atoms with E-state index in [9.17, 15) is 17.6 Å². The number of para-hydroxylation sites is 1.